The first-order valence-corrected chi connectivity index (χ1v) is 19.2. The molecule has 8 aromatic rings. The van der Waals surface area contributed by atoms with Crippen LogP contribution in [0.15, 0.2) is 204 Å². The van der Waals surface area contributed by atoms with Crippen LogP contribution in [0, 0.1) is 0 Å². The predicted molar refractivity (Wildman–Crippen MR) is 234 cm³/mol. The van der Waals surface area contributed by atoms with Crippen molar-refractivity contribution in [1.82, 2.24) is 5.32 Å². The summed E-state index contributed by atoms with van der Waals surface area (Å²) >= 11 is 0. The number of nitrogens with one attached hydrogen (secondary N) is 2. The van der Waals surface area contributed by atoms with Gasteiger partial charge in [0, 0.05) is 22.3 Å². The van der Waals surface area contributed by atoms with Crippen molar-refractivity contribution in [2.75, 3.05) is 10.2 Å². The molecule has 5 heteroatoms. The van der Waals surface area contributed by atoms with E-state index in [0.29, 0.717) is 5.84 Å². The van der Waals surface area contributed by atoms with E-state index < -0.39 is 0 Å². The molecule has 56 heavy (non-hydrogen) atoms. The number of benzene rings is 8. The standard InChI is InChI=1S/C51H39N5/c1-34-52-46-27-12-14-29-48(46)56(34)47-28-13-11-23-42(47)39-21-15-20-38(33-39)41-22-7-8-24-43(41)44-25-9-10-26-45(44)51-54-49(36-17-3-2-4-18-36)53-50(55-51)40-31-30-35-16-5-6-19-37(35)32-40/h2-34,51-52H,1H3,(H,53,54,55). The Hall–Kier alpha value is -7.24. The molecular formula is C51H39N5. The Morgan fingerprint density at radius 3 is 1.91 bits per heavy atom. The van der Waals surface area contributed by atoms with Gasteiger partial charge >= 0.3 is 0 Å². The number of rotatable bonds is 7. The van der Waals surface area contributed by atoms with Crippen molar-refractivity contribution in [3.05, 3.63) is 211 Å². The van der Waals surface area contributed by atoms with Crippen LogP contribution in [0.5, 0.6) is 0 Å². The Kier molecular flexibility index (Phi) is 8.45. The van der Waals surface area contributed by atoms with E-state index in [2.05, 4.69) is 198 Å². The largest absolute Gasteiger partial charge is 0.363 e. The lowest BCUT2D eigenvalue weighted by molar-refractivity contribution is 0.676. The van der Waals surface area contributed by atoms with Gasteiger partial charge in [0.25, 0.3) is 0 Å². The molecule has 0 aromatic heterocycles. The van der Waals surface area contributed by atoms with Crippen LogP contribution in [0.4, 0.5) is 17.1 Å². The number of nitrogens with zero attached hydrogens (tertiary/aromatic N) is 3. The van der Waals surface area contributed by atoms with Gasteiger partial charge in [0.2, 0.25) is 0 Å². The third kappa shape index (κ3) is 6.09. The molecule has 2 unspecified atom stereocenters. The normalized spacial score (nSPS) is 16.1. The van der Waals surface area contributed by atoms with Crippen molar-refractivity contribution < 1.29 is 0 Å². The molecule has 8 aromatic carbocycles. The molecule has 0 radical (unpaired) electrons. The quantitative estimate of drug-likeness (QED) is 0.172. The zero-order chi connectivity index (χ0) is 37.4. The van der Waals surface area contributed by atoms with E-state index in [1.165, 1.54) is 33.3 Å². The molecule has 10 rings (SSSR count). The first kappa shape index (κ1) is 33.3. The molecule has 0 saturated carbocycles. The first-order chi connectivity index (χ1) is 27.7. The Balaban J connectivity index is 1.05. The third-order valence-corrected chi connectivity index (χ3v) is 10.8. The van der Waals surface area contributed by atoms with Crippen LogP contribution in [0.25, 0.3) is 44.2 Å². The van der Waals surface area contributed by atoms with Gasteiger partial charge in [-0.15, -0.1) is 0 Å². The van der Waals surface area contributed by atoms with Gasteiger partial charge in [-0.1, -0.05) is 164 Å². The highest BCUT2D eigenvalue weighted by molar-refractivity contribution is 6.14. The SMILES string of the molecule is CC1Nc2ccccc2N1c1ccccc1-c1cccc(-c2ccccc2-c2ccccc2C2N=C(c3ccccc3)N=C(c3ccc4ccccc4c3)N2)c1. The van der Waals surface area contributed by atoms with E-state index in [1.54, 1.807) is 0 Å². The second-order valence-corrected chi connectivity index (χ2v) is 14.3. The summed E-state index contributed by atoms with van der Waals surface area (Å²) in [5.74, 6) is 1.51. The molecule has 0 amide bonds. The maximum atomic E-state index is 5.28. The zero-order valence-electron chi connectivity index (χ0n) is 31.0. The number of amidine groups is 2. The molecular weight excluding hydrogens is 683 g/mol. The lowest BCUT2D eigenvalue weighted by Crippen LogP contribution is -2.33. The number of fused-ring (bicyclic) bond motifs is 2. The summed E-state index contributed by atoms with van der Waals surface area (Å²) in [4.78, 5) is 12.8. The highest BCUT2D eigenvalue weighted by Crippen LogP contribution is 2.45. The zero-order valence-corrected chi connectivity index (χ0v) is 31.0. The monoisotopic (exact) mass is 721 g/mol. The van der Waals surface area contributed by atoms with Gasteiger partial charge in [-0.25, -0.2) is 9.98 Å². The van der Waals surface area contributed by atoms with E-state index in [9.17, 15) is 0 Å². The number of hydrogen-bond acceptors (Lipinski definition) is 5. The van der Waals surface area contributed by atoms with Crippen LogP contribution < -0.4 is 15.5 Å². The number of aliphatic imine (C=N–C) groups is 2. The lowest BCUT2D eigenvalue weighted by Gasteiger charge is -2.27. The van der Waals surface area contributed by atoms with Gasteiger partial charge < -0.3 is 15.5 Å². The topological polar surface area (TPSA) is 52.0 Å². The minimum Gasteiger partial charge on any atom is -0.363 e. The molecule has 2 atom stereocenters. The van der Waals surface area contributed by atoms with E-state index >= 15 is 0 Å². The third-order valence-electron chi connectivity index (χ3n) is 10.8. The van der Waals surface area contributed by atoms with Crippen LogP contribution in [-0.4, -0.2) is 17.8 Å². The molecule has 268 valence electrons. The second-order valence-electron chi connectivity index (χ2n) is 14.3. The van der Waals surface area contributed by atoms with Crippen molar-refractivity contribution in [2.24, 2.45) is 9.98 Å². The van der Waals surface area contributed by atoms with Crippen molar-refractivity contribution in [1.29, 1.82) is 0 Å². The average molecular weight is 722 g/mol. The van der Waals surface area contributed by atoms with Gasteiger partial charge in [0.1, 0.15) is 18.2 Å². The Bertz CT molecular complexity index is 2800. The van der Waals surface area contributed by atoms with Gasteiger partial charge in [0.05, 0.1) is 17.1 Å². The summed E-state index contributed by atoms with van der Waals surface area (Å²) < 4.78 is 0. The fraction of sp³-hybridized carbons (Fsp3) is 0.0588. The molecule has 2 N–H and O–H groups in total. The van der Waals surface area contributed by atoms with Crippen LogP contribution in [-0.2, 0) is 0 Å². The van der Waals surface area contributed by atoms with Crippen LogP contribution >= 0.6 is 0 Å². The second kappa shape index (κ2) is 14.2. The van der Waals surface area contributed by atoms with Crippen molar-refractivity contribution >= 4 is 39.5 Å². The summed E-state index contributed by atoms with van der Waals surface area (Å²) in [6.45, 7) is 2.21. The lowest BCUT2D eigenvalue weighted by atomic mass is 9.89. The highest BCUT2D eigenvalue weighted by Gasteiger charge is 2.28. The molecule has 2 heterocycles. The smallest absolute Gasteiger partial charge is 0.159 e. The maximum absolute atomic E-state index is 5.28. The molecule has 5 nitrogen and oxygen atoms in total. The molecule has 2 aliphatic rings. The average Bonchev–Trinajstić information content (AvgIpc) is 3.61. The van der Waals surface area contributed by atoms with Crippen molar-refractivity contribution in [3.63, 3.8) is 0 Å². The van der Waals surface area contributed by atoms with Crippen LogP contribution in [0.1, 0.15) is 29.8 Å². The number of anilines is 3. The maximum Gasteiger partial charge on any atom is 0.159 e. The Morgan fingerprint density at radius 1 is 0.446 bits per heavy atom. The minimum absolute atomic E-state index is 0.124. The molecule has 0 fully saturated rings. The molecule has 0 saturated heterocycles. The molecule has 0 aliphatic carbocycles. The molecule has 0 bridgehead atoms. The van der Waals surface area contributed by atoms with E-state index in [-0.39, 0.29) is 12.3 Å². The fourth-order valence-electron chi connectivity index (χ4n) is 8.18. The van der Waals surface area contributed by atoms with Gasteiger partial charge in [-0.2, -0.15) is 0 Å². The predicted octanol–water partition coefficient (Wildman–Crippen LogP) is 12.2. The van der Waals surface area contributed by atoms with Crippen LogP contribution in [0.2, 0.25) is 0 Å². The Labute approximate surface area is 327 Å². The Morgan fingerprint density at radius 2 is 1.07 bits per heavy atom. The minimum atomic E-state index is -0.370. The summed E-state index contributed by atoms with van der Waals surface area (Å²) in [6, 6.07) is 68.8. The van der Waals surface area contributed by atoms with E-state index in [1.807, 2.05) is 18.2 Å². The number of para-hydroxylation sites is 3. The highest BCUT2D eigenvalue weighted by atomic mass is 15.3. The summed E-state index contributed by atoms with van der Waals surface area (Å²) in [6.07, 6.45) is -0.246. The molecule has 0 spiro atoms. The van der Waals surface area contributed by atoms with Crippen LogP contribution in [0.3, 0.4) is 0 Å². The van der Waals surface area contributed by atoms with E-state index in [0.717, 1.165) is 50.5 Å². The van der Waals surface area contributed by atoms with Gasteiger partial charge in [-0.3, -0.25) is 0 Å². The van der Waals surface area contributed by atoms with Gasteiger partial charge in [-0.05, 0) is 75.8 Å². The summed E-state index contributed by atoms with van der Waals surface area (Å²) in [5, 5.41) is 9.77. The summed E-state index contributed by atoms with van der Waals surface area (Å²) in [5.41, 5.74) is 13.5. The number of hydrogen-bond donors (Lipinski definition) is 2. The fourth-order valence-corrected chi connectivity index (χ4v) is 8.18. The van der Waals surface area contributed by atoms with Crippen molar-refractivity contribution in [2.45, 2.75) is 19.3 Å². The summed E-state index contributed by atoms with van der Waals surface area (Å²) in [7, 11) is 0. The molecule has 2 aliphatic heterocycles. The van der Waals surface area contributed by atoms with E-state index in [4.69, 9.17) is 9.98 Å². The van der Waals surface area contributed by atoms with Crippen molar-refractivity contribution in [3.8, 4) is 33.4 Å². The van der Waals surface area contributed by atoms with Gasteiger partial charge in [0.15, 0.2) is 5.84 Å². The first-order valence-electron chi connectivity index (χ1n) is 19.2.